The van der Waals surface area contributed by atoms with Gasteiger partial charge in [0.2, 0.25) is 5.91 Å². The van der Waals surface area contributed by atoms with Crippen molar-refractivity contribution < 1.29 is 22.8 Å². The Morgan fingerprint density at radius 1 is 1.07 bits per heavy atom. The fourth-order valence-corrected chi connectivity index (χ4v) is 3.48. The second-order valence-corrected chi connectivity index (χ2v) is 7.58. The number of aromatic nitrogens is 1. The van der Waals surface area contributed by atoms with E-state index < -0.39 is 17.6 Å². The van der Waals surface area contributed by atoms with Gasteiger partial charge in [-0.2, -0.15) is 13.2 Å². The molecule has 1 aliphatic rings. The predicted octanol–water partition coefficient (Wildman–Crippen LogP) is 4.08. The predicted molar refractivity (Wildman–Crippen MR) is 106 cm³/mol. The molecule has 6 nitrogen and oxygen atoms in total. The molecule has 2 heterocycles. The molecule has 1 aromatic heterocycles. The molecule has 1 saturated heterocycles. The van der Waals surface area contributed by atoms with Gasteiger partial charge in [0.25, 0.3) is 5.91 Å². The number of carbonyl (C=O) groups is 2. The first-order valence-electron chi connectivity index (χ1n) is 8.98. The number of piperidine rings is 1. The van der Waals surface area contributed by atoms with Crippen molar-refractivity contribution in [2.45, 2.75) is 19.0 Å². The molecule has 0 unspecified atom stereocenters. The average Bonchev–Trinajstić information content (AvgIpc) is 2.71. The molecule has 0 bridgehead atoms. The highest BCUT2D eigenvalue weighted by Gasteiger charge is 2.33. The van der Waals surface area contributed by atoms with Crippen LogP contribution in [0.15, 0.2) is 36.5 Å². The number of pyridine rings is 1. The van der Waals surface area contributed by atoms with Crippen LogP contribution in [0, 0.1) is 5.92 Å². The van der Waals surface area contributed by atoms with E-state index in [-0.39, 0.29) is 22.7 Å². The summed E-state index contributed by atoms with van der Waals surface area (Å²) in [7, 11) is 0. The highest BCUT2D eigenvalue weighted by Crippen LogP contribution is 2.34. The molecular formula is C19H17Cl2F3N4O2. The maximum absolute atomic E-state index is 12.7. The van der Waals surface area contributed by atoms with Crippen LogP contribution in [-0.4, -0.2) is 29.9 Å². The Labute approximate surface area is 180 Å². The quantitative estimate of drug-likeness (QED) is 0.676. The Morgan fingerprint density at radius 3 is 2.27 bits per heavy atom. The van der Waals surface area contributed by atoms with Crippen molar-refractivity contribution in [3.8, 4) is 0 Å². The average molecular weight is 461 g/mol. The number of carbonyl (C=O) groups excluding carboxylic acids is 2. The summed E-state index contributed by atoms with van der Waals surface area (Å²) in [5.74, 6) is -0.929. The first-order chi connectivity index (χ1) is 14.1. The lowest BCUT2D eigenvalue weighted by Crippen LogP contribution is -2.47. The van der Waals surface area contributed by atoms with Gasteiger partial charge in [0.15, 0.2) is 0 Å². The largest absolute Gasteiger partial charge is 0.417 e. The minimum atomic E-state index is -4.52. The maximum atomic E-state index is 12.7. The zero-order chi connectivity index (χ0) is 21.9. The monoisotopic (exact) mass is 460 g/mol. The Balaban J connectivity index is 1.52. The van der Waals surface area contributed by atoms with Crippen LogP contribution in [0.5, 0.6) is 0 Å². The van der Waals surface area contributed by atoms with Crippen molar-refractivity contribution in [2.75, 3.05) is 18.0 Å². The summed E-state index contributed by atoms with van der Waals surface area (Å²) in [5.41, 5.74) is 4.18. The minimum Gasteiger partial charge on any atom is -0.355 e. The molecule has 0 radical (unpaired) electrons. The third-order valence-electron chi connectivity index (χ3n) is 4.72. The highest BCUT2D eigenvalue weighted by molar-refractivity contribution is 6.33. The van der Waals surface area contributed by atoms with Gasteiger partial charge >= 0.3 is 6.18 Å². The van der Waals surface area contributed by atoms with E-state index in [0.29, 0.717) is 36.5 Å². The molecule has 0 saturated carbocycles. The van der Waals surface area contributed by atoms with Crippen molar-refractivity contribution in [2.24, 2.45) is 5.92 Å². The Hall–Kier alpha value is -2.52. The van der Waals surface area contributed by atoms with Gasteiger partial charge in [-0.05, 0) is 43.2 Å². The topological polar surface area (TPSA) is 74.3 Å². The molecule has 3 rings (SSSR count). The van der Waals surface area contributed by atoms with Gasteiger partial charge in [-0.1, -0.05) is 23.2 Å². The van der Waals surface area contributed by atoms with Gasteiger partial charge in [-0.3, -0.25) is 20.4 Å². The van der Waals surface area contributed by atoms with E-state index in [9.17, 15) is 22.8 Å². The van der Waals surface area contributed by atoms with Gasteiger partial charge in [-0.15, -0.1) is 0 Å². The molecule has 0 atom stereocenters. The molecule has 30 heavy (non-hydrogen) atoms. The number of benzene rings is 1. The number of alkyl halides is 3. The van der Waals surface area contributed by atoms with Crippen molar-refractivity contribution in [3.05, 3.63) is 57.7 Å². The summed E-state index contributed by atoms with van der Waals surface area (Å²) >= 11 is 11.8. The standard InChI is InChI=1S/C19H17Cl2F3N4O2/c20-14-3-1-11(2-4-14)17(29)26-27-18(30)12-5-7-28(8-6-12)16-15(21)9-13(10-25-16)19(22,23)24/h1-4,9-10,12H,5-8H2,(H,26,29)(H,27,30). The summed E-state index contributed by atoms with van der Waals surface area (Å²) in [6, 6.07) is 7.03. The second-order valence-electron chi connectivity index (χ2n) is 6.74. The third kappa shape index (κ3) is 5.34. The minimum absolute atomic E-state index is 0.0945. The number of halogens is 5. The summed E-state index contributed by atoms with van der Waals surface area (Å²) in [6.45, 7) is 0.780. The van der Waals surface area contributed by atoms with Crippen LogP contribution in [0.1, 0.15) is 28.8 Å². The molecule has 0 spiro atoms. The number of rotatable bonds is 3. The lowest BCUT2D eigenvalue weighted by atomic mass is 9.96. The van der Waals surface area contributed by atoms with E-state index in [1.54, 1.807) is 17.0 Å². The SMILES string of the molecule is O=C(NNC(=O)C1CCN(c2ncc(C(F)(F)F)cc2Cl)CC1)c1ccc(Cl)cc1. The number of hydrogen-bond donors (Lipinski definition) is 2. The molecule has 2 amide bonds. The van der Waals surface area contributed by atoms with Crippen molar-refractivity contribution in [3.63, 3.8) is 0 Å². The molecule has 2 aromatic rings. The van der Waals surface area contributed by atoms with Crippen LogP contribution in [0.25, 0.3) is 0 Å². The lowest BCUT2D eigenvalue weighted by molar-refractivity contribution is -0.137. The maximum Gasteiger partial charge on any atom is 0.417 e. The zero-order valence-electron chi connectivity index (χ0n) is 15.5. The van der Waals surface area contributed by atoms with Crippen molar-refractivity contribution in [1.82, 2.24) is 15.8 Å². The van der Waals surface area contributed by atoms with E-state index in [4.69, 9.17) is 23.2 Å². The second kappa shape index (κ2) is 9.09. The fourth-order valence-electron chi connectivity index (χ4n) is 3.07. The zero-order valence-corrected chi connectivity index (χ0v) is 17.0. The first-order valence-corrected chi connectivity index (χ1v) is 9.74. The molecule has 2 N–H and O–H groups in total. The van der Waals surface area contributed by atoms with E-state index in [0.717, 1.165) is 12.3 Å². The van der Waals surface area contributed by atoms with Crippen LogP contribution in [0.4, 0.5) is 19.0 Å². The van der Waals surface area contributed by atoms with Gasteiger partial charge in [0.05, 0.1) is 10.6 Å². The van der Waals surface area contributed by atoms with E-state index in [1.807, 2.05) is 0 Å². The van der Waals surface area contributed by atoms with Crippen LogP contribution in [0.3, 0.4) is 0 Å². The van der Waals surface area contributed by atoms with Crippen LogP contribution in [-0.2, 0) is 11.0 Å². The summed E-state index contributed by atoms with van der Waals surface area (Å²) in [4.78, 5) is 29.9. The number of nitrogens with zero attached hydrogens (tertiary/aromatic N) is 2. The van der Waals surface area contributed by atoms with Crippen molar-refractivity contribution >= 4 is 40.8 Å². The summed E-state index contributed by atoms with van der Waals surface area (Å²) in [6.07, 6.45) is -2.91. The van der Waals surface area contributed by atoms with E-state index in [2.05, 4.69) is 15.8 Å². The van der Waals surface area contributed by atoms with Crippen LogP contribution < -0.4 is 15.8 Å². The number of amides is 2. The number of hydrazine groups is 1. The fraction of sp³-hybridized carbons (Fsp3) is 0.316. The van der Waals surface area contributed by atoms with E-state index >= 15 is 0 Å². The first kappa shape index (κ1) is 22.2. The van der Waals surface area contributed by atoms with Gasteiger partial charge in [0, 0.05) is 35.8 Å². The number of nitrogens with one attached hydrogen (secondary N) is 2. The number of anilines is 1. The normalized spacial score (nSPS) is 15.0. The smallest absolute Gasteiger partial charge is 0.355 e. The highest BCUT2D eigenvalue weighted by atomic mass is 35.5. The molecule has 1 aliphatic heterocycles. The van der Waals surface area contributed by atoms with Gasteiger partial charge in [0.1, 0.15) is 5.82 Å². The third-order valence-corrected chi connectivity index (χ3v) is 5.25. The molecule has 160 valence electrons. The van der Waals surface area contributed by atoms with E-state index in [1.165, 1.54) is 12.1 Å². The molecular weight excluding hydrogens is 444 g/mol. The molecule has 11 heteroatoms. The summed E-state index contributed by atoms with van der Waals surface area (Å²) < 4.78 is 38.2. The molecule has 0 aliphatic carbocycles. The Bertz CT molecular complexity index is 930. The van der Waals surface area contributed by atoms with Gasteiger partial charge < -0.3 is 4.90 Å². The molecule has 1 fully saturated rings. The Morgan fingerprint density at radius 2 is 1.70 bits per heavy atom. The van der Waals surface area contributed by atoms with Crippen molar-refractivity contribution in [1.29, 1.82) is 0 Å². The lowest BCUT2D eigenvalue weighted by Gasteiger charge is -2.32. The Kier molecular flexibility index (Phi) is 6.72. The molecule has 1 aromatic carbocycles. The van der Waals surface area contributed by atoms with Crippen LogP contribution in [0.2, 0.25) is 10.0 Å². The van der Waals surface area contributed by atoms with Gasteiger partial charge in [-0.25, -0.2) is 4.98 Å². The summed E-state index contributed by atoms with van der Waals surface area (Å²) in [5, 5.41) is 0.396. The number of hydrogen-bond acceptors (Lipinski definition) is 4. The van der Waals surface area contributed by atoms with Crippen LogP contribution >= 0.6 is 23.2 Å².